The normalized spacial score (nSPS) is 23.5. The molecule has 1 saturated carbocycles. The molecule has 0 bridgehead atoms. The Morgan fingerprint density at radius 1 is 1.11 bits per heavy atom. The van der Waals surface area contributed by atoms with E-state index in [0.29, 0.717) is 17.0 Å². The van der Waals surface area contributed by atoms with E-state index in [0.717, 1.165) is 17.2 Å². The molecule has 1 aromatic carbocycles. The summed E-state index contributed by atoms with van der Waals surface area (Å²) in [4.78, 5) is 0. The Labute approximate surface area is 117 Å². The van der Waals surface area contributed by atoms with Gasteiger partial charge in [-0.1, -0.05) is 43.1 Å². The second-order valence-corrected chi connectivity index (χ2v) is 5.62. The lowest BCUT2D eigenvalue weighted by Crippen LogP contribution is -2.28. The summed E-state index contributed by atoms with van der Waals surface area (Å²) in [7, 11) is 0. The van der Waals surface area contributed by atoms with Crippen molar-refractivity contribution >= 4 is 22.4 Å². The number of ether oxygens (including phenoxy) is 1. The zero-order chi connectivity index (χ0) is 13.2. The largest absolute Gasteiger partial charge is 0.473 e. The molecule has 1 fully saturated rings. The second kappa shape index (κ2) is 5.33. The van der Waals surface area contributed by atoms with Crippen molar-refractivity contribution in [1.29, 1.82) is 0 Å². The average molecular weight is 277 g/mol. The summed E-state index contributed by atoms with van der Waals surface area (Å²) in [5.41, 5.74) is 0. The third-order valence-electron chi connectivity index (χ3n) is 3.90. The van der Waals surface area contributed by atoms with Crippen LogP contribution in [0.4, 0.5) is 0 Å². The molecule has 100 valence electrons. The third-order valence-corrected chi connectivity index (χ3v) is 4.18. The standard InChI is InChI=1S/C15H17ClN2O/c1-10-6-2-5-9-13(10)19-15-12-8-4-3-7-11(12)14(16)17-18-15/h3-4,7-8,10,13H,2,5-6,9H2,1H3. The first kappa shape index (κ1) is 12.7. The highest BCUT2D eigenvalue weighted by atomic mass is 35.5. The Morgan fingerprint density at radius 2 is 1.84 bits per heavy atom. The molecule has 0 amide bonds. The van der Waals surface area contributed by atoms with Gasteiger partial charge in [0, 0.05) is 10.8 Å². The number of rotatable bonds is 2. The summed E-state index contributed by atoms with van der Waals surface area (Å²) in [6, 6.07) is 7.85. The number of aromatic nitrogens is 2. The van der Waals surface area contributed by atoms with E-state index in [-0.39, 0.29) is 6.10 Å². The van der Waals surface area contributed by atoms with Crippen molar-refractivity contribution in [1.82, 2.24) is 10.2 Å². The highest BCUT2D eigenvalue weighted by molar-refractivity contribution is 6.34. The van der Waals surface area contributed by atoms with Gasteiger partial charge in [0.05, 0.1) is 0 Å². The Morgan fingerprint density at radius 3 is 2.63 bits per heavy atom. The predicted molar refractivity (Wildman–Crippen MR) is 76.6 cm³/mol. The van der Waals surface area contributed by atoms with E-state index >= 15 is 0 Å². The van der Waals surface area contributed by atoms with Gasteiger partial charge in [0.25, 0.3) is 0 Å². The Balaban J connectivity index is 1.94. The van der Waals surface area contributed by atoms with E-state index in [1.54, 1.807) is 0 Å². The Kier molecular flexibility index (Phi) is 3.56. The number of hydrogen-bond acceptors (Lipinski definition) is 3. The van der Waals surface area contributed by atoms with Crippen LogP contribution in [0.25, 0.3) is 10.8 Å². The molecule has 19 heavy (non-hydrogen) atoms. The summed E-state index contributed by atoms with van der Waals surface area (Å²) >= 11 is 6.07. The van der Waals surface area contributed by atoms with Crippen LogP contribution in [0, 0.1) is 5.92 Å². The number of nitrogens with zero attached hydrogens (tertiary/aromatic N) is 2. The maximum Gasteiger partial charge on any atom is 0.241 e. The van der Waals surface area contributed by atoms with Crippen molar-refractivity contribution in [3.05, 3.63) is 29.4 Å². The minimum atomic E-state index is 0.243. The number of benzene rings is 1. The molecule has 1 aliphatic rings. The fraction of sp³-hybridized carbons (Fsp3) is 0.467. The lowest BCUT2D eigenvalue weighted by molar-refractivity contribution is 0.0983. The van der Waals surface area contributed by atoms with E-state index in [4.69, 9.17) is 16.3 Å². The van der Waals surface area contributed by atoms with Gasteiger partial charge in [-0.25, -0.2) is 0 Å². The molecular formula is C15H17ClN2O. The molecule has 2 atom stereocenters. The van der Waals surface area contributed by atoms with Crippen LogP contribution < -0.4 is 4.74 Å². The zero-order valence-electron chi connectivity index (χ0n) is 11.0. The highest BCUT2D eigenvalue weighted by Gasteiger charge is 2.24. The van der Waals surface area contributed by atoms with Gasteiger partial charge in [-0.15, -0.1) is 10.2 Å². The molecule has 0 radical (unpaired) electrons. The van der Waals surface area contributed by atoms with Gasteiger partial charge in [-0.2, -0.15) is 0 Å². The number of halogens is 1. The van der Waals surface area contributed by atoms with Crippen LogP contribution in [0.1, 0.15) is 32.6 Å². The minimum absolute atomic E-state index is 0.243. The average Bonchev–Trinajstić information content (AvgIpc) is 2.44. The Hall–Kier alpha value is -1.35. The first-order valence-corrected chi connectivity index (χ1v) is 7.21. The molecule has 1 heterocycles. The van der Waals surface area contributed by atoms with E-state index in [9.17, 15) is 0 Å². The summed E-state index contributed by atoms with van der Waals surface area (Å²) in [5.74, 6) is 1.18. The van der Waals surface area contributed by atoms with Gasteiger partial charge >= 0.3 is 0 Å². The number of hydrogen-bond donors (Lipinski definition) is 0. The lowest BCUT2D eigenvalue weighted by Gasteiger charge is -2.28. The first-order chi connectivity index (χ1) is 9.25. The fourth-order valence-electron chi connectivity index (χ4n) is 2.73. The molecule has 2 aromatic rings. The van der Waals surface area contributed by atoms with E-state index in [1.165, 1.54) is 19.3 Å². The molecule has 0 N–H and O–H groups in total. The van der Waals surface area contributed by atoms with E-state index in [1.807, 2.05) is 24.3 Å². The topological polar surface area (TPSA) is 35.0 Å². The highest BCUT2D eigenvalue weighted by Crippen LogP contribution is 2.32. The molecule has 0 spiro atoms. The predicted octanol–water partition coefficient (Wildman–Crippen LogP) is 4.24. The van der Waals surface area contributed by atoms with Crippen LogP contribution in [-0.4, -0.2) is 16.3 Å². The molecule has 2 unspecified atom stereocenters. The first-order valence-electron chi connectivity index (χ1n) is 6.83. The molecule has 3 nitrogen and oxygen atoms in total. The van der Waals surface area contributed by atoms with Crippen LogP contribution in [0.15, 0.2) is 24.3 Å². The van der Waals surface area contributed by atoms with Crippen molar-refractivity contribution in [2.45, 2.75) is 38.7 Å². The maximum atomic E-state index is 6.10. The van der Waals surface area contributed by atoms with Gasteiger partial charge in [0.15, 0.2) is 5.15 Å². The van der Waals surface area contributed by atoms with Crippen molar-refractivity contribution < 1.29 is 4.74 Å². The zero-order valence-corrected chi connectivity index (χ0v) is 11.7. The summed E-state index contributed by atoms with van der Waals surface area (Å²) in [6.07, 6.45) is 5.10. The van der Waals surface area contributed by atoms with Gasteiger partial charge in [-0.3, -0.25) is 0 Å². The third kappa shape index (κ3) is 2.52. The van der Waals surface area contributed by atoms with E-state index in [2.05, 4.69) is 17.1 Å². The van der Waals surface area contributed by atoms with Crippen LogP contribution >= 0.6 is 11.6 Å². The van der Waals surface area contributed by atoms with Gasteiger partial charge in [0.1, 0.15) is 6.10 Å². The van der Waals surface area contributed by atoms with Crippen LogP contribution in [0.2, 0.25) is 5.15 Å². The smallest absolute Gasteiger partial charge is 0.241 e. The molecule has 1 aliphatic carbocycles. The van der Waals surface area contributed by atoms with Crippen molar-refractivity contribution in [2.75, 3.05) is 0 Å². The second-order valence-electron chi connectivity index (χ2n) is 5.26. The van der Waals surface area contributed by atoms with Gasteiger partial charge < -0.3 is 4.74 Å². The van der Waals surface area contributed by atoms with Gasteiger partial charge in [-0.05, 0) is 31.2 Å². The van der Waals surface area contributed by atoms with Crippen molar-refractivity contribution in [3.8, 4) is 5.88 Å². The van der Waals surface area contributed by atoms with E-state index < -0.39 is 0 Å². The summed E-state index contributed by atoms with van der Waals surface area (Å²) < 4.78 is 6.10. The van der Waals surface area contributed by atoms with Crippen LogP contribution in [0.5, 0.6) is 5.88 Å². The van der Waals surface area contributed by atoms with Crippen molar-refractivity contribution in [2.24, 2.45) is 5.92 Å². The fourth-order valence-corrected chi connectivity index (χ4v) is 2.94. The lowest BCUT2D eigenvalue weighted by atomic mass is 9.88. The summed E-state index contributed by atoms with van der Waals surface area (Å²) in [6.45, 7) is 2.25. The Bertz CT molecular complexity index is 587. The van der Waals surface area contributed by atoms with Gasteiger partial charge in [0.2, 0.25) is 5.88 Å². The molecule has 3 rings (SSSR count). The molecular weight excluding hydrogens is 260 g/mol. The molecule has 0 saturated heterocycles. The monoisotopic (exact) mass is 276 g/mol. The quantitative estimate of drug-likeness (QED) is 0.823. The van der Waals surface area contributed by atoms with Crippen LogP contribution in [0.3, 0.4) is 0 Å². The molecule has 0 aliphatic heterocycles. The van der Waals surface area contributed by atoms with Crippen LogP contribution in [-0.2, 0) is 0 Å². The summed E-state index contributed by atoms with van der Waals surface area (Å²) in [5, 5.41) is 10.4. The SMILES string of the molecule is CC1CCCCC1Oc1nnc(Cl)c2ccccc12. The van der Waals surface area contributed by atoms with Crippen molar-refractivity contribution in [3.63, 3.8) is 0 Å². The molecule has 1 aromatic heterocycles. The minimum Gasteiger partial charge on any atom is -0.473 e. The molecule has 4 heteroatoms. The number of fused-ring (bicyclic) bond motifs is 1. The maximum absolute atomic E-state index is 6.10.